The molecule has 5 nitrogen and oxygen atoms in total. The highest BCUT2D eigenvalue weighted by atomic mass is 16.5. The second-order valence-corrected chi connectivity index (χ2v) is 4.27. The van der Waals surface area contributed by atoms with Crippen LogP contribution in [0.4, 0.5) is 0 Å². The molecule has 0 aliphatic heterocycles. The maximum Gasteiger partial charge on any atom is 0.252 e. The monoisotopic (exact) mass is 271 g/mol. The predicted octanol–water partition coefficient (Wildman–Crippen LogP) is 2.08. The smallest absolute Gasteiger partial charge is 0.252 e. The fourth-order valence-corrected chi connectivity index (χ4v) is 1.77. The van der Waals surface area contributed by atoms with E-state index in [9.17, 15) is 4.79 Å². The summed E-state index contributed by atoms with van der Waals surface area (Å²) in [6.07, 6.45) is 3.38. The highest BCUT2D eigenvalue weighted by Crippen LogP contribution is 2.24. The lowest BCUT2D eigenvalue weighted by molar-refractivity contribution is 0.0998. The fraction of sp³-hybridized carbons (Fsp3) is 0.200. The lowest BCUT2D eigenvalue weighted by Crippen LogP contribution is -2.12. The van der Waals surface area contributed by atoms with Crippen LogP contribution in [0.1, 0.15) is 22.8 Å². The van der Waals surface area contributed by atoms with Crippen molar-refractivity contribution in [3.63, 3.8) is 0 Å². The van der Waals surface area contributed by atoms with Gasteiger partial charge in [-0.15, -0.1) is 0 Å². The Kier molecular flexibility index (Phi) is 4.68. The number of nitrogens with one attached hydrogen (secondary N) is 1. The number of pyridine rings is 1. The molecule has 0 fully saturated rings. The molecule has 2 rings (SSSR count). The van der Waals surface area contributed by atoms with E-state index in [0.29, 0.717) is 17.1 Å². The zero-order chi connectivity index (χ0) is 14.4. The molecule has 2 aromatic rings. The van der Waals surface area contributed by atoms with E-state index in [4.69, 9.17) is 10.5 Å². The van der Waals surface area contributed by atoms with E-state index in [1.54, 1.807) is 36.7 Å². The van der Waals surface area contributed by atoms with Crippen molar-refractivity contribution in [2.45, 2.75) is 13.5 Å². The summed E-state index contributed by atoms with van der Waals surface area (Å²) < 4.78 is 5.70. The Labute approximate surface area is 117 Å². The maximum atomic E-state index is 11.3. The van der Waals surface area contributed by atoms with E-state index < -0.39 is 5.91 Å². The minimum Gasteiger partial charge on any atom is -0.455 e. The van der Waals surface area contributed by atoms with Crippen molar-refractivity contribution in [3.05, 3.63) is 53.9 Å². The molecule has 20 heavy (non-hydrogen) atoms. The Hall–Kier alpha value is -2.40. The van der Waals surface area contributed by atoms with E-state index in [1.165, 1.54) is 0 Å². The van der Waals surface area contributed by atoms with Crippen LogP contribution in [0.3, 0.4) is 0 Å². The lowest BCUT2D eigenvalue weighted by atomic mass is 10.2. The number of nitrogens with two attached hydrogens (primary N) is 1. The van der Waals surface area contributed by atoms with E-state index in [0.717, 1.165) is 18.7 Å². The van der Waals surface area contributed by atoms with E-state index in [1.807, 2.05) is 13.0 Å². The average molecular weight is 271 g/mol. The van der Waals surface area contributed by atoms with Crippen LogP contribution in [0.2, 0.25) is 0 Å². The molecule has 0 aliphatic rings. The summed E-state index contributed by atoms with van der Waals surface area (Å²) in [7, 11) is 0. The van der Waals surface area contributed by atoms with Gasteiger partial charge >= 0.3 is 0 Å². The number of hydrogen-bond donors (Lipinski definition) is 2. The molecular weight excluding hydrogens is 254 g/mol. The average Bonchev–Trinajstić information content (AvgIpc) is 2.46. The Bertz CT molecular complexity index is 599. The molecule has 1 aromatic carbocycles. The summed E-state index contributed by atoms with van der Waals surface area (Å²) in [5.41, 5.74) is 6.69. The van der Waals surface area contributed by atoms with Crippen LogP contribution in [0.5, 0.6) is 11.5 Å². The van der Waals surface area contributed by atoms with Gasteiger partial charge in [0.05, 0.1) is 11.8 Å². The first kappa shape index (κ1) is 14.0. The molecule has 1 heterocycles. The molecule has 5 heteroatoms. The van der Waals surface area contributed by atoms with E-state index >= 15 is 0 Å². The standard InChI is InChI=1S/C15H17N3O2/c1-2-17-8-11-7-12(10-18-9-11)20-14-6-4-3-5-13(14)15(16)19/h3-7,9-10,17H,2,8H2,1H3,(H2,16,19). The number of rotatable bonds is 6. The number of carbonyl (C=O) groups is 1. The van der Waals surface area contributed by atoms with Gasteiger partial charge in [0.1, 0.15) is 11.5 Å². The maximum absolute atomic E-state index is 11.3. The number of nitrogens with zero attached hydrogens (tertiary/aromatic N) is 1. The molecule has 0 saturated heterocycles. The summed E-state index contributed by atoms with van der Waals surface area (Å²) in [4.78, 5) is 15.5. The number of amides is 1. The molecule has 0 radical (unpaired) electrons. The summed E-state index contributed by atoms with van der Waals surface area (Å²) in [6, 6.07) is 8.75. The zero-order valence-electron chi connectivity index (χ0n) is 11.3. The quantitative estimate of drug-likeness (QED) is 0.843. The van der Waals surface area contributed by atoms with Crippen molar-refractivity contribution in [1.29, 1.82) is 0 Å². The first-order valence-electron chi connectivity index (χ1n) is 6.42. The summed E-state index contributed by atoms with van der Waals surface area (Å²) in [5.74, 6) is 0.494. The molecule has 0 atom stereocenters. The third kappa shape index (κ3) is 3.55. The Morgan fingerprint density at radius 1 is 1.35 bits per heavy atom. The van der Waals surface area contributed by atoms with Gasteiger partial charge in [-0.1, -0.05) is 19.1 Å². The van der Waals surface area contributed by atoms with Crippen LogP contribution in [0.25, 0.3) is 0 Å². The highest BCUT2D eigenvalue weighted by Gasteiger charge is 2.09. The third-order valence-electron chi connectivity index (χ3n) is 2.73. The molecule has 1 amide bonds. The van der Waals surface area contributed by atoms with Crippen molar-refractivity contribution in [3.8, 4) is 11.5 Å². The number of aromatic nitrogens is 1. The van der Waals surface area contributed by atoms with Gasteiger partial charge in [-0.25, -0.2) is 0 Å². The van der Waals surface area contributed by atoms with Crippen LogP contribution in [0.15, 0.2) is 42.7 Å². The molecule has 0 saturated carbocycles. The van der Waals surface area contributed by atoms with Gasteiger partial charge in [0, 0.05) is 12.7 Å². The Morgan fingerprint density at radius 2 is 2.15 bits per heavy atom. The number of benzene rings is 1. The van der Waals surface area contributed by atoms with Crippen LogP contribution < -0.4 is 15.8 Å². The largest absolute Gasteiger partial charge is 0.455 e. The first-order chi connectivity index (χ1) is 9.70. The third-order valence-corrected chi connectivity index (χ3v) is 2.73. The molecule has 0 aliphatic carbocycles. The normalized spacial score (nSPS) is 10.2. The van der Waals surface area contributed by atoms with Gasteiger partial charge in [-0.3, -0.25) is 9.78 Å². The van der Waals surface area contributed by atoms with Gasteiger partial charge < -0.3 is 15.8 Å². The molecule has 104 valence electrons. The molecule has 0 spiro atoms. The second-order valence-electron chi connectivity index (χ2n) is 4.27. The molecule has 0 bridgehead atoms. The first-order valence-corrected chi connectivity index (χ1v) is 6.42. The fourth-order valence-electron chi connectivity index (χ4n) is 1.77. The molecule has 3 N–H and O–H groups in total. The van der Waals surface area contributed by atoms with Gasteiger partial charge in [-0.05, 0) is 30.3 Å². The minimum atomic E-state index is -0.516. The molecule has 1 aromatic heterocycles. The van der Waals surface area contributed by atoms with Gasteiger partial charge in [0.15, 0.2) is 0 Å². The van der Waals surface area contributed by atoms with Crippen LogP contribution in [-0.4, -0.2) is 17.4 Å². The summed E-state index contributed by atoms with van der Waals surface area (Å²) in [5, 5.41) is 3.22. The van der Waals surface area contributed by atoms with Crippen LogP contribution in [0, 0.1) is 0 Å². The van der Waals surface area contributed by atoms with Crippen molar-refractivity contribution in [1.82, 2.24) is 10.3 Å². The van der Waals surface area contributed by atoms with E-state index in [-0.39, 0.29) is 0 Å². The molecular formula is C15H17N3O2. The SMILES string of the molecule is CCNCc1cncc(Oc2ccccc2C(N)=O)c1. The number of ether oxygens (including phenoxy) is 1. The van der Waals surface area contributed by atoms with Crippen molar-refractivity contribution in [2.75, 3.05) is 6.54 Å². The number of primary amides is 1. The van der Waals surface area contributed by atoms with Crippen molar-refractivity contribution in [2.24, 2.45) is 5.73 Å². The number of hydrogen-bond acceptors (Lipinski definition) is 4. The number of carbonyl (C=O) groups excluding carboxylic acids is 1. The topological polar surface area (TPSA) is 77.2 Å². The highest BCUT2D eigenvalue weighted by molar-refractivity contribution is 5.95. The van der Waals surface area contributed by atoms with Crippen molar-refractivity contribution >= 4 is 5.91 Å². The predicted molar refractivity (Wildman–Crippen MR) is 76.7 cm³/mol. The van der Waals surface area contributed by atoms with Crippen molar-refractivity contribution < 1.29 is 9.53 Å². The minimum absolute atomic E-state index is 0.351. The Balaban J connectivity index is 2.20. The van der Waals surface area contributed by atoms with Gasteiger partial charge in [0.25, 0.3) is 5.91 Å². The van der Waals surface area contributed by atoms with Gasteiger partial charge in [-0.2, -0.15) is 0 Å². The lowest BCUT2D eigenvalue weighted by Gasteiger charge is -2.10. The summed E-state index contributed by atoms with van der Waals surface area (Å²) in [6.45, 7) is 3.64. The zero-order valence-corrected chi connectivity index (χ0v) is 11.3. The second kappa shape index (κ2) is 6.68. The van der Waals surface area contributed by atoms with Gasteiger partial charge in [0.2, 0.25) is 0 Å². The number of para-hydroxylation sites is 1. The summed E-state index contributed by atoms with van der Waals surface area (Å²) >= 11 is 0. The molecule has 0 unspecified atom stereocenters. The van der Waals surface area contributed by atoms with E-state index in [2.05, 4.69) is 10.3 Å². The Morgan fingerprint density at radius 3 is 2.90 bits per heavy atom. The van der Waals surface area contributed by atoms with Crippen LogP contribution >= 0.6 is 0 Å². The van der Waals surface area contributed by atoms with Crippen LogP contribution in [-0.2, 0) is 6.54 Å².